The second-order valence-corrected chi connectivity index (χ2v) is 4.07. The normalized spacial score (nSPS) is 12.0. The number of rotatable bonds is 6. The molecule has 0 radical (unpaired) electrons. The molecule has 0 saturated carbocycles. The lowest BCUT2D eigenvalue weighted by Crippen LogP contribution is -2.46. The Morgan fingerprint density at radius 3 is 2.12 bits per heavy atom. The van der Waals surface area contributed by atoms with Gasteiger partial charge in [-0.15, -0.1) is 0 Å². The largest absolute Gasteiger partial charge is 0.368 e. The van der Waals surface area contributed by atoms with Gasteiger partial charge in [0.2, 0.25) is 17.7 Å². The van der Waals surface area contributed by atoms with Crippen LogP contribution in [0.1, 0.15) is 27.2 Å². The molecule has 0 rings (SSSR count). The standard InChI is InChI=1S/C10H19N3O3/c1-6(2)4-8(14)12-5-9(15)13-7(3)10(11)16/h6-7H,4-5H2,1-3H3,(H2,11,16)(H,12,14)(H,13,15). The van der Waals surface area contributed by atoms with Crippen LogP contribution < -0.4 is 16.4 Å². The van der Waals surface area contributed by atoms with Crippen molar-refractivity contribution in [2.45, 2.75) is 33.2 Å². The monoisotopic (exact) mass is 229 g/mol. The van der Waals surface area contributed by atoms with Gasteiger partial charge in [-0.3, -0.25) is 14.4 Å². The summed E-state index contributed by atoms with van der Waals surface area (Å²) in [5.74, 6) is -0.977. The molecule has 0 aromatic rings. The minimum atomic E-state index is -0.727. The first-order chi connectivity index (χ1) is 7.32. The van der Waals surface area contributed by atoms with E-state index in [4.69, 9.17) is 5.73 Å². The van der Waals surface area contributed by atoms with E-state index in [9.17, 15) is 14.4 Å². The molecule has 92 valence electrons. The van der Waals surface area contributed by atoms with Gasteiger partial charge in [-0.1, -0.05) is 13.8 Å². The highest BCUT2D eigenvalue weighted by Crippen LogP contribution is 1.97. The summed E-state index contributed by atoms with van der Waals surface area (Å²) >= 11 is 0. The predicted octanol–water partition coefficient (Wildman–Crippen LogP) is -0.861. The van der Waals surface area contributed by atoms with Crippen molar-refractivity contribution in [2.75, 3.05) is 6.54 Å². The number of nitrogens with two attached hydrogens (primary N) is 1. The zero-order valence-electron chi connectivity index (χ0n) is 9.87. The summed E-state index contributed by atoms with van der Waals surface area (Å²) in [7, 11) is 0. The Morgan fingerprint density at radius 1 is 1.12 bits per heavy atom. The molecule has 0 aliphatic carbocycles. The topological polar surface area (TPSA) is 101 Å². The Bertz CT molecular complexity index is 276. The summed E-state index contributed by atoms with van der Waals surface area (Å²) in [6.07, 6.45) is 0.374. The fourth-order valence-corrected chi connectivity index (χ4v) is 0.985. The number of carbonyl (C=O) groups excluding carboxylic acids is 3. The first kappa shape index (κ1) is 14.4. The number of hydrogen-bond acceptors (Lipinski definition) is 3. The van der Waals surface area contributed by atoms with Crippen molar-refractivity contribution < 1.29 is 14.4 Å². The minimum Gasteiger partial charge on any atom is -0.368 e. The van der Waals surface area contributed by atoms with Crippen molar-refractivity contribution in [2.24, 2.45) is 11.7 Å². The van der Waals surface area contributed by atoms with Crippen LogP contribution in [0, 0.1) is 5.92 Å². The fourth-order valence-electron chi connectivity index (χ4n) is 0.985. The fraction of sp³-hybridized carbons (Fsp3) is 0.700. The molecule has 0 aromatic carbocycles. The molecule has 0 aromatic heterocycles. The Hall–Kier alpha value is -1.59. The lowest BCUT2D eigenvalue weighted by atomic mass is 10.1. The van der Waals surface area contributed by atoms with Crippen LogP contribution in [-0.2, 0) is 14.4 Å². The second kappa shape index (κ2) is 6.81. The first-order valence-corrected chi connectivity index (χ1v) is 5.18. The van der Waals surface area contributed by atoms with Crippen LogP contribution in [-0.4, -0.2) is 30.3 Å². The van der Waals surface area contributed by atoms with E-state index in [-0.39, 0.29) is 18.4 Å². The lowest BCUT2D eigenvalue weighted by Gasteiger charge is -2.11. The molecule has 0 heterocycles. The van der Waals surface area contributed by atoms with Crippen molar-refractivity contribution in [3.8, 4) is 0 Å². The molecule has 0 aliphatic rings. The van der Waals surface area contributed by atoms with Crippen LogP contribution in [0.2, 0.25) is 0 Å². The van der Waals surface area contributed by atoms with Crippen LogP contribution in [0.3, 0.4) is 0 Å². The molecule has 16 heavy (non-hydrogen) atoms. The average molecular weight is 229 g/mol. The highest BCUT2D eigenvalue weighted by Gasteiger charge is 2.12. The number of hydrogen-bond donors (Lipinski definition) is 3. The highest BCUT2D eigenvalue weighted by molar-refractivity contribution is 5.89. The van der Waals surface area contributed by atoms with Gasteiger partial charge >= 0.3 is 0 Å². The maximum absolute atomic E-state index is 11.2. The summed E-state index contributed by atoms with van der Waals surface area (Å²) in [4.78, 5) is 33.0. The van der Waals surface area contributed by atoms with Gasteiger partial charge in [0.15, 0.2) is 0 Å². The Balaban J connectivity index is 3.81. The molecule has 0 bridgehead atoms. The van der Waals surface area contributed by atoms with Gasteiger partial charge in [0.25, 0.3) is 0 Å². The summed E-state index contributed by atoms with van der Waals surface area (Å²) in [5.41, 5.74) is 4.97. The van der Waals surface area contributed by atoms with Crippen molar-refractivity contribution >= 4 is 17.7 Å². The Morgan fingerprint density at radius 2 is 1.69 bits per heavy atom. The van der Waals surface area contributed by atoms with Crippen molar-refractivity contribution in [3.63, 3.8) is 0 Å². The lowest BCUT2D eigenvalue weighted by molar-refractivity contribution is -0.128. The Kier molecular flexibility index (Phi) is 6.14. The maximum atomic E-state index is 11.2. The third kappa shape index (κ3) is 6.80. The minimum absolute atomic E-state index is 0.136. The van der Waals surface area contributed by atoms with Gasteiger partial charge < -0.3 is 16.4 Å². The zero-order valence-corrected chi connectivity index (χ0v) is 9.87. The van der Waals surface area contributed by atoms with Crippen molar-refractivity contribution in [3.05, 3.63) is 0 Å². The SMILES string of the molecule is CC(C)CC(=O)NCC(=O)NC(C)C(N)=O. The van der Waals surface area contributed by atoms with Gasteiger partial charge in [-0.2, -0.15) is 0 Å². The van der Waals surface area contributed by atoms with Gasteiger partial charge in [0.05, 0.1) is 6.54 Å². The van der Waals surface area contributed by atoms with E-state index in [1.54, 1.807) is 0 Å². The van der Waals surface area contributed by atoms with E-state index >= 15 is 0 Å². The smallest absolute Gasteiger partial charge is 0.240 e. The molecule has 0 aliphatic heterocycles. The van der Waals surface area contributed by atoms with E-state index in [2.05, 4.69) is 10.6 Å². The predicted molar refractivity (Wildman–Crippen MR) is 59.3 cm³/mol. The van der Waals surface area contributed by atoms with Crippen LogP contribution in [0.25, 0.3) is 0 Å². The molecule has 4 N–H and O–H groups in total. The number of primary amides is 1. The van der Waals surface area contributed by atoms with Gasteiger partial charge in [-0.25, -0.2) is 0 Å². The van der Waals surface area contributed by atoms with Crippen LogP contribution in [0.4, 0.5) is 0 Å². The molecule has 1 atom stereocenters. The highest BCUT2D eigenvalue weighted by atomic mass is 16.2. The zero-order chi connectivity index (χ0) is 12.7. The van der Waals surface area contributed by atoms with E-state index < -0.39 is 17.9 Å². The van der Waals surface area contributed by atoms with E-state index in [1.807, 2.05) is 13.8 Å². The van der Waals surface area contributed by atoms with Gasteiger partial charge in [0.1, 0.15) is 6.04 Å². The molecular formula is C10H19N3O3. The quantitative estimate of drug-likeness (QED) is 0.552. The van der Waals surface area contributed by atoms with Crippen molar-refractivity contribution in [1.29, 1.82) is 0 Å². The molecule has 6 heteroatoms. The maximum Gasteiger partial charge on any atom is 0.240 e. The van der Waals surface area contributed by atoms with Gasteiger partial charge in [0, 0.05) is 6.42 Å². The molecule has 3 amide bonds. The molecule has 6 nitrogen and oxygen atoms in total. The van der Waals surface area contributed by atoms with Gasteiger partial charge in [-0.05, 0) is 12.8 Å². The molecule has 0 spiro atoms. The number of amides is 3. The molecule has 0 saturated heterocycles. The van der Waals surface area contributed by atoms with E-state index in [0.717, 1.165) is 0 Å². The summed E-state index contributed by atoms with van der Waals surface area (Å²) < 4.78 is 0. The third-order valence-electron chi connectivity index (χ3n) is 1.84. The van der Waals surface area contributed by atoms with E-state index in [0.29, 0.717) is 6.42 Å². The van der Waals surface area contributed by atoms with Crippen LogP contribution in [0.15, 0.2) is 0 Å². The molecular weight excluding hydrogens is 210 g/mol. The first-order valence-electron chi connectivity index (χ1n) is 5.18. The number of nitrogens with one attached hydrogen (secondary N) is 2. The van der Waals surface area contributed by atoms with E-state index in [1.165, 1.54) is 6.92 Å². The summed E-state index contributed by atoms with van der Waals surface area (Å²) in [6.45, 7) is 5.17. The molecule has 0 fully saturated rings. The summed E-state index contributed by atoms with van der Waals surface area (Å²) in [6, 6.07) is -0.727. The number of carbonyl (C=O) groups is 3. The molecule has 1 unspecified atom stereocenters. The van der Waals surface area contributed by atoms with Crippen LogP contribution >= 0.6 is 0 Å². The summed E-state index contributed by atoms with van der Waals surface area (Å²) in [5, 5.41) is 4.81. The third-order valence-corrected chi connectivity index (χ3v) is 1.84. The Labute approximate surface area is 94.9 Å². The average Bonchev–Trinajstić information content (AvgIpc) is 2.13. The van der Waals surface area contributed by atoms with Crippen molar-refractivity contribution in [1.82, 2.24) is 10.6 Å². The van der Waals surface area contributed by atoms with Crippen LogP contribution in [0.5, 0.6) is 0 Å². The second-order valence-electron chi connectivity index (χ2n) is 4.07.